The van der Waals surface area contributed by atoms with Crippen LogP contribution in [0.15, 0.2) is 24.3 Å². The molecule has 0 aromatic heterocycles. The molecule has 1 rings (SSSR count). The van der Waals surface area contributed by atoms with Crippen LogP contribution in [0.1, 0.15) is 58.2 Å². The average molecular weight is 219 g/mol. The lowest BCUT2D eigenvalue weighted by Crippen LogP contribution is -2.20. The minimum Gasteiger partial charge on any atom is -0.310 e. The molecule has 1 N–H and O–H groups in total. The minimum absolute atomic E-state index is 0.248. The molecular formula is C15H25N. The second-order valence-corrected chi connectivity index (χ2v) is 5.39. The van der Waals surface area contributed by atoms with Gasteiger partial charge in [0.2, 0.25) is 0 Å². The van der Waals surface area contributed by atoms with Crippen molar-refractivity contribution in [3.63, 3.8) is 0 Å². The Labute approximate surface area is 100 Å². The molecule has 0 spiro atoms. The summed E-state index contributed by atoms with van der Waals surface area (Å²) in [6, 6.07) is 9.54. The van der Waals surface area contributed by atoms with E-state index >= 15 is 0 Å². The quantitative estimate of drug-likeness (QED) is 0.805. The molecule has 0 aliphatic heterocycles. The molecule has 0 saturated heterocycles. The molecule has 0 radical (unpaired) electrons. The van der Waals surface area contributed by atoms with Gasteiger partial charge in [-0.25, -0.2) is 0 Å². The molecule has 1 heteroatoms. The van der Waals surface area contributed by atoms with Gasteiger partial charge in [0.05, 0.1) is 0 Å². The van der Waals surface area contributed by atoms with E-state index in [1.54, 1.807) is 0 Å². The Morgan fingerprint density at radius 1 is 1.06 bits per heavy atom. The molecule has 1 unspecified atom stereocenters. The average Bonchev–Trinajstić information content (AvgIpc) is 2.25. The summed E-state index contributed by atoms with van der Waals surface area (Å²) in [6.07, 6.45) is 1.14. The highest BCUT2D eigenvalue weighted by Gasteiger charge is 2.14. The van der Waals surface area contributed by atoms with Crippen LogP contribution in [0.25, 0.3) is 0 Å². The smallest absolute Gasteiger partial charge is 0.0317 e. The molecule has 1 nitrogen and oxygen atoms in total. The van der Waals surface area contributed by atoms with Crippen molar-refractivity contribution in [1.29, 1.82) is 0 Å². The molecule has 1 aromatic rings. The van der Waals surface area contributed by atoms with E-state index in [9.17, 15) is 0 Å². The van der Waals surface area contributed by atoms with Crippen LogP contribution in [0.5, 0.6) is 0 Å². The summed E-state index contributed by atoms with van der Waals surface area (Å²) in [4.78, 5) is 0. The summed E-state index contributed by atoms with van der Waals surface area (Å²) in [5, 5.41) is 3.51. The standard InChI is InChI=1S/C15H25N/c1-6-14(16-7-2)12-8-10-13(11-9-12)15(3,4)5/h8-11,14,16H,6-7H2,1-5H3. The second kappa shape index (κ2) is 5.49. The van der Waals surface area contributed by atoms with Crippen molar-refractivity contribution < 1.29 is 0 Å². The first-order valence-electron chi connectivity index (χ1n) is 6.32. The lowest BCUT2D eigenvalue weighted by molar-refractivity contribution is 0.535. The van der Waals surface area contributed by atoms with Gasteiger partial charge in [0.15, 0.2) is 0 Å². The SMILES string of the molecule is CCNC(CC)c1ccc(C(C)(C)C)cc1. The summed E-state index contributed by atoms with van der Waals surface area (Å²) in [7, 11) is 0. The molecule has 0 aliphatic rings. The third kappa shape index (κ3) is 3.34. The van der Waals surface area contributed by atoms with Gasteiger partial charge in [0.1, 0.15) is 0 Å². The maximum Gasteiger partial charge on any atom is 0.0317 e. The van der Waals surface area contributed by atoms with E-state index < -0.39 is 0 Å². The van der Waals surface area contributed by atoms with Gasteiger partial charge in [-0.15, -0.1) is 0 Å². The Balaban J connectivity index is 2.85. The number of nitrogens with one attached hydrogen (secondary N) is 1. The molecule has 0 bridgehead atoms. The molecule has 1 atom stereocenters. The van der Waals surface area contributed by atoms with E-state index in [0.29, 0.717) is 6.04 Å². The van der Waals surface area contributed by atoms with Gasteiger partial charge in [-0.3, -0.25) is 0 Å². The molecule has 90 valence electrons. The van der Waals surface area contributed by atoms with E-state index in [-0.39, 0.29) is 5.41 Å². The fourth-order valence-corrected chi connectivity index (χ4v) is 1.96. The molecule has 16 heavy (non-hydrogen) atoms. The summed E-state index contributed by atoms with van der Waals surface area (Å²) < 4.78 is 0. The summed E-state index contributed by atoms with van der Waals surface area (Å²) in [5.41, 5.74) is 3.05. The first kappa shape index (κ1) is 13.2. The van der Waals surface area contributed by atoms with Crippen LogP contribution >= 0.6 is 0 Å². The van der Waals surface area contributed by atoms with Crippen LogP contribution in [0, 0.1) is 0 Å². The van der Waals surface area contributed by atoms with E-state index in [2.05, 4.69) is 64.2 Å². The van der Waals surface area contributed by atoms with Gasteiger partial charge in [-0.2, -0.15) is 0 Å². The number of hydrogen-bond donors (Lipinski definition) is 1. The fourth-order valence-electron chi connectivity index (χ4n) is 1.96. The lowest BCUT2D eigenvalue weighted by Gasteiger charge is -2.21. The Hall–Kier alpha value is -0.820. The Kier molecular flexibility index (Phi) is 4.55. The monoisotopic (exact) mass is 219 g/mol. The third-order valence-corrected chi connectivity index (χ3v) is 3.04. The van der Waals surface area contributed by atoms with Crippen LogP contribution in [0.3, 0.4) is 0 Å². The highest BCUT2D eigenvalue weighted by atomic mass is 14.9. The number of rotatable bonds is 4. The molecule has 0 aliphatic carbocycles. The number of benzene rings is 1. The van der Waals surface area contributed by atoms with E-state index in [4.69, 9.17) is 0 Å². The van der Waals surface area contributed by atoms with Crippen molar-refractivity contribution in [1.82, 2.24) is 5.32 Å². The molecule has 1 aromatic carbocycles. The normalized spacial score (nSPS) is 13.8. The maximum atomic E-state index is 3.51. The van der Waals surface area contributed by atoms with Crippen LogP contribution < -0.4 is 5.32 Å². The molecule has 0 heterocycles. The molecule has 0 amide bonds. The highest BCUT2D eigenvalue weighted by molar-refractivity contribution is 5.29. The second-order valence-electron chi connectivity index (χ2n) is 5.39. The van der Waals surface area contributed by atoms with Crippen molar-refractivity contribution in [3.05, 3.63) is 35.4 Å². The largest absolute Gasteiger partial charge is 0.310 e. The zero-order chi connectivity index (χ0) is 12.2. The van der Waals surface area contributed by atoms with Gasteiger partial charge in [0, 0.05) is 6.04 Å². The van der Waals surface area contributed by atoms with Crippen molar-refractivity contribution in [2.24, 2.45) is 0 Å². The van der Waals surface area contributed by atoms with Gasteiger partial charge >= 0.3 is 0 Å². The van der Waals surface area contributed by atoms with E-state index in [1.165, 1.54) is 11.1 Å². The van der Waals surface area contributed by atoms with Crippen molar-refractivity contribution >= 4 is 0 Å². The minimum atomic E-state index is 0.248. The Bertz CT molecular complexity index is 305. The van der Waals surface area contributed by atoms with Crippen LogP contribution in [-0.4, -0.2) is 6.54 Å². The highest BCUT2D eigenvalue weighted by Crippen LogP contribution is 2.24. The molecule has 0 fully saturated rings. The zero-order valence-electron chi connectivity index (χ0n) is 11.3. The summed E-state index contributed by atoms with van der Waals surface area (Å²) >= 11 is 0. The van der Waals surface area contributed by atoms with Crippen molar-refractivity contribution in [2.75, 3.05) is 6.54 Å². The van der Waals surface area contributed by atoms with Crippen molar-refractivity contribution in [3.8, 4) is 0 Å². The van der Waals surface area contributed by atoms with Gasteiger partial charge in [0.25, 0.3) is 0 Å². The van der Waals surface area contributed by atoms with Crippen molar-refractivity contribution in [2.45, 2.75) is 52.5 Å². The first-order valence-corrected chi connectivity index (χ1v) is 6.32. The number of hydrogen-bond acceptors (Lipinski definition) is 1. The topological polar surface area (TPSA) is 12.0 Å². The predicted molar refractivity (Wildman–Crippen MR) is 71.9 cm³/mol. The Morgan fingerprint density at radius 2 is 1.62 bits per heavy atom. The van der Waals surface area contributed by atoms with Gasteiger partial charge in [-0.1, -0.05) is 58.9 Å². The third-order valence-electron chi connectivity index (χ3n) is 3.04. The molecular weight excluding hydrogens is 194 g/mol. The maximum absolute atomic E-state index is 3.51. The van der Waals surface area contributed by atoms with Gasteiger partial charge < -0.3 is 5.32 Å². The van der Waals surface area contributed by atoms with Crippen LogP contribution in [-0.2, 0) is 5.41 Å². The van der Waals surface area contributed by atoms with E-state index in [0.717, 1.165) is 13.0 Å². The van der Waals surface area contributed by atoms with Crippen LogP contribution in [0.4, 0.5) is 0 Å². The lowest BCUT2D eigenvalue weighted by atomic mass is 9.86. The van der Waals surface area contributed by atoms with Gasteiger partial charge in [-0.05, 0) is 29.5 Å². The van der Waals surface area contributed by atoms with Crippen LogP contribution in [0.2, 0.25) is 0 Å². The van der Waals surface area contributed by atoms with E-state index in [1.807, 2.05) is 0 Å². The summed E-state index contributed by atoms with van der Waals surface area (Å²) in [5.74, 6) is 0. The predicted octanol–water partition coefficient (Wildman–Crippen LogP) is 4.04. The fraction of sp³-hybridized carbons (Fsp3) is 0.600. The Morgan fingerprint density at radius 3 is 2.00 bits per heavy atom. The summed E-state index contributed by atoms with van der Waals surface area (Å²) in [6.45, 7) is 12.2. The zero-order valence-corrected chi connectivity index (χ0v) is 11.3. The molecule has 0 saturated carbocycles. The first-order chi connectivity index (χ1) is 7.49.